The van der Waals surface area contributed by atoms with Gasteiger partial charge in [0.15, 0.2) is 0 Å². The van der Waals surface area contributed by atoms with Crippen LogP contribution >= 0.6 is 27.3 Å². The summed E-state index contributed by atoms with van der Waals surface area (Å²) in [5.41, 5.74) is 2.85. The number of aliphatic carboxylic acids is 1. The summed E-state index contributed by atoms with van der Waals surface area (Å²) in [6.07, 6.45) is 0.381. The van der Waals surface area contributed by atoms with E-state index < -0.39 is 5.97 Å². The van der Waals surface area contributed by atoms with Gasteiger partial charge < -0.3 is 5.11 Å². The molecule has 124 valence electrons. The fourth-order valence-electron chi connectivity index (χ4n) is 2.62. The largest absolute Gasteiger partial charge is 0.481 e. The van der Waals surface area contributed by atoms with Crippen molar-refractivity contribution in [3.8, 4) is 0 Å². The molecule has 1 aromatic heterocycles. The summed E-state index contributed by atoms with van der Waals surface area (Å²) >= 11 is 4.99. The molecule has 0 aliphatic carbocycles. The molecule has 0 spiro atoms. The lowest BCUT2D eigenvalue weighted by Gasteiger charge is -2.22. The zero-order valence-corrected chi connectivity index (χ0v) is 15.1. The maximum Gasteiger partial charge on any atom is 0.303 e. The third-order valence-corrected chi connectivity index (χ3v) is 5.04. The fraction of sp³-hybridized carbons (Fsp3) is 0.235. The standard InChI is InChI=1S/C17H15BrN2O3S/c18-13-3-1-11(2-4-13)15-9-14(12-7-8-24-10-12)19-20(15)16(21)5-6-17(22)23/h1-4,7-8,10,15H,5-6,9H2,(H,22,23)/t15-/m1/s1. The van der Waals surface area contributed by atoms with Gasteiger partial charge in [0, 0.05) is 22.9 Å². The minimum absolute atomic E-state index is 0.0528. The van der Waals surface area contributed by atoms with Gasteiger partial charge >= 0.3 is 5.97 Å². The van der Waals surface area contributed by atoms with E-state index in [2.05, 4.69) is 21.0 Å². The average molecular weight is 407 g/mol. The Labute approximate surface area is 151 Å². The number of carbonyl (C=O) groups is 2. The number of amides is 1. The van der Waals surface area contributed by atoms with Gasteiger partial charge in [-0.15, -0.1) is 0 Å². The molecule has 1 atom stereocenters. The van der Waals surface area contributed by atoms with Crippen molar-refractivity contribution in [2.45, 2.75) is 25.3 Å². The van der Waals surface area contributed by atoms with Crippen LogP contribution in [-0.4, -0.2) is 27.7 Å². The Morgan fingerprint density at radius 1 is 1.25 bits per heavy atom. The molecule has 1 aromatic carbocycles. The van der Waals surface area contributed by atoms with E-state index in [0.717, 1.165) is 21.3 Å². The van der Waals surface area contributed by atoms with Gasteiger partial charge in [-0.3, -0.25) is 9.59 Å². The molecule has 0 saturated carbocycles. The summed E-state index contributed by atoms with van der Waals surface area (Å²) in [5.74, 6) is -1.25. The van der Waals surface area contributed by atoms with E-state index in [1.54, 1.807) is 11.3 Å². The van der Waals surface area contributed by atoms with Crippen LogP contribution in [0.25, 0.3) is 0 Å². The van der Waals surface area contributed by atoms with Crippen molar-refractivity contribution in [1.29, 1.82) is 0 Å². The highest BCUT2D eigenvalue weighted by atomic mass is 79.9. The summed E-state index contributed by atoms with van der Waals surface area (Å²) in [6, 6.07) is 9.55. The minimum Gasteiger partial charge on any atom is -0.481 e. The predicted octanol–water partition coefficient (Wildman–Crippen LogP) is 4.05. The Morgan fingerprint density at radius 2 is 2.00 bits per heavy atom. The Kier molecular flexibility index (Phi) is 5.11. The zero-order valence-electron chi connectivity index (χ0n) is 12.7. The highest BCUT2D eigenvalue weighted by Gasteiger charge is 2.33. The molecule has 1 aliphatic heterocycles. The lowest BCUT2D eigenvalue weighted by molar-refractivity contribution is -0.141. The summed E-state index contributed by atoms with van der Waals surface area (Å²) in [4.78, 5) is 23.2. The van der Waals surface area contributed by atoms with Crippen LogP contribution in [0.3, 0.4) is 0 Å². The maximum absolute atomic E-state index is 12.5. The van der Waals surface area contributed by atoms with Gasteiger partial charge in [0.2, 0.25) is 5.91 Å². The fourth-order valence-corrected chi connectivity index (χ4v) is 3.55. The molecule has 5 nitrogen and oxygen atoms in total. The number of hydrazone groups is 1. The topological polar surface area (TPSA) is 70.0 Å². The zero-order chi connectivity index (χ0) is 17.1. The summed E-state index contributed by atoms with van der Waals surface area (Å²) in [5, 5.41) is 18.7. The molecule has 0 bridgehead atoms. The Morgan fingerprint density at radius 3 is 2.62 bits per heavy atom. The van der Waals surface area contributed by atoms with Crippen molar-refractivity contribution in [3.63, 3.8) is 0 Å². The van der Waals surface area contributed by atoms with E-state index in [1.807, 2.05) is 41.1 Å². The summed E-state index contributed by atoms with van der Waals surface area (Å²) < 4.78 is 0.965. The first-order valence-electron chi connectivity index (χ1n) is 7.44. The predicted molar refractivity (Wildman–Crippen MR) is 96.1 cm³/mol. The molecule has 0 unspecified atom stereocenters. The first kappa shape index (κ1) is 16.9. The van der Waals surface area contributed by atoms with E-state index in [-0.39, 0.29) is 24.8 Å². The molecule has 1 N–H and O–H groups in total. The molecule has 1 aliphatic rings. The molecule has 24 heavy (non-hydrogen) atoms. The van der Waals surface area contributed by atoms with Gasteiger partial charge in [0.05, 0.1) is 18.2 Å². The van der Waals surface area contributed by atoms with Crippen molar-refractivity contribution >= 4 is 44.9 Å². The highest BCUT2D eigenvalue weighted by molar-refractivity contribution is 9.10. The Bertz CT molecular complexity index is 772. The molecule has 0 fully saturated rings. The quantitative estimate of drug-likeness (QED) is 0.813. The number of carboxylic acid groups (broad SMARTS) is 1. The number of hydrogen-bond acceptors (Lipinski definition) is 4. The SMILES string of the molecule is O=C(O)CCC(=O)N1N=C(c2ccsc2)C[C@@H]1c1ccc(Br)cc1. The van der Waals surface area contributed by atoms with Gasteiger partial charge in [0.1, 0.15) is 0 Å². The second kappa shape index (κ2) is 7.27. The number of carbonyl (C=O) groups excluding carboxylic acids is 1. The Balaban J connectivity index is 1.87. The summed E-state index contributed by atoms with van der Waals surface area (Å²) in [6.45, 7) is 0. The minimum atomic E-state index is -0.982. The molecule has 0 saturated heterocycles. The number of halogens is 1. The van der Waals surface area contributed by atoms with Crippen LogP contribution in [0, 0.1) is 0 Å². The van der Waals surface area contributed by atoms with E-state index in [0.29, 0.717) is 6.42 Å². The van der Waals surface area contributed by atoms with Gasteiger partial charge in [-0.2, -0.15) is 16.4 Å². The first-order valence-corrected chi connectivity index (χ1v) is 9.17. The van der Waals surface area contributed by atoms with Crippen LogP contribution in [0.2, 0.25) is 0 Å². The van der Waals surface area contributed by atoms with Crippen molar-refractivity contribution in [2.24, 2.45) is 5.10 Å². The number of hydrogen-bond donors (Lipinski definition) is 1. The van der Waals surface area contributed by atoms with Crippen LogP contribution in [0.4, 0.5) is 0 Å². The van der Waals surface area contributed by atoms with Gasteiger partial charge in [0.25, 0.3) is 0 Å². The Hall–Kier alpha value is -1.99. The number of thiophene rings is 1. The van der Waals surface area contributed by atoms with Crippen molar-refractivity contribution < 1.29 is 14.7 Å². The van der Waals surface area contributed by atoms with E-state index in [4.69, 9.17) is 5.11 Å². The second-order valence-corrected chi connectivity index (χ2v) is 7.16. The van der Waals surface area contributed by atoms with E-state index in [1.165, 1.54) is 5.01 Å². The van der Waals surface area contributed by atoms with Crippen molar-refractivity contribution in [1.82, 2.24) is 5.01 Å². The lowest BCUT2D eigenvalue weighted by atomic mass is 9.99. The molecule has 3 rings (SSSR count). The molecule has 0 radical (unpaired) electrons. The molecule has 1 amide bonds. The molecular weight excluding hydrogens is 392 g/mol. The van der Waals surface area contributed by atoms with E-state index in [9.17, 15) is 9.59 Å². The van der Waals surface area contributed by atoms with Gasteiger partial charge in [-0.05, 0) is 34.5 Å². The third kappa shape index (κ3) is 3.73. The molecular formula is C17H15BrN2O3S. The third-order valence-electron chi connectivity index (χ3n) is 3.83. The van der Waals surface area contributed by atoms with Crippen LogP contribution in [0.15, 0.2) is 50.7 Å². The van der Waals surface area contributed by atoms with Crippen LogP contribution in [-0.2, 0) is 9.59 Å². The summed E-state index contributed by atoms with van der Waals surface area (Å²) in [7, 11) is 0. The van der Waals surface area contributed by atoms with Crippen molar-refractivity contribution in [3.05, 3.63) is 56.7 Å². The molecule has 2 aromatic rings. The first-order chi connectivity index (χ1) is 11.5. The second-order valence-electron chi connectivity index (χ2n) is 5.46. The van der Waals surface area contributed by atoms with Crippen LogP contribution in [0.1, 0.15) is 36.4 Å². The molecule has 7 heteroatoms. The normalized spacial score (nSPS) is 17.0. The van der Waals surface area contributed by atoms with Crippen LogP contribution in [0.5, 0.6) is 0 Å². The van der Waals surface area contributed by atoms with E-state index >= 15 is 0 Å². The van der Waals surface area contributed by atoms with Gasteiger partial charge in [-0.25, -0.2) is 5.01 Å². The van der Waals surface area contributed by atoms with Crippen molar-refractivity contribution in [2.75, 3.05) is 0 Å². The number of rotatable bonds is 5. The molecule has 2 heterocycles. The monoisotopic (exact) mass is 406 g/mol. The maximum atomic E-state index is 12.5. The number of carboxylic acids is 1. The van der Waals surface area contributed by atoms with Gasteiger partial charge in [-0.1, -0.05) is 28.1 Å². The average Bonchev–Trinajstić information content (AvgIpc) is 3.22. The van der Waals surface area contributed by atoms with Crippen LogP contribution < -0.4 is 0 Å². The lowest BCUT2D eigenvalue weighted by Crippen LogP contribution is -2.27. The number of nitrogens with zero attached hydrogens (tertiary/aromatic N) is 2. The smallest absolute Gasteiger partial charge is 0.303 e. The highest BCUT2D eigenvalue weighted by Crippen LogP contribution is 2.34. The number of benzene rings is 1.